The van der Waals surface area contributed by atoms with Crippen molar-refractivity contribution < 1.29 is 4.42 Å². The van der Waals surface area contributed by atoms with Gasteiger partial charge >= 0.3 is 0 Å². The molecule has 0 saturated heterocycles. The van der Waals surface area contributed by atoms with E-state index in [0.29, 0.717) is 17.3 Å². The lowest BCUT2D eigenvalue weighted by Gasteiger charge is -1.91. The van der Waals surface area contributed by atoms with E-state index in [1.807, 2.05) is 12.1 Å². The van der Waals surface area contributed by atoms with E-state index in [9.17, 15) is 0 Å². The molecule has 0 spiro atoms. The van der Waals surface area contributed by atoms with Crippen molar-refractivity contribution in [2.75, 3.05) is 0 Å². The lowest BCUT2D eigenvalue weighted by atomic mass is 10.1. The fraction of sp³-hybridized carbons (Fsp3) is 0.267. The van der Waals surface area contributed by atoms with Crippen LogP contribution < -0.4 is 0 Å². The highest BCUT2D eigenvalue weighted by atomic mass is 16.4. The van der Waals surface area contributed by atoms with E-state index in [1.165, 1.54) is 0 Å². The van der Waals surface area contributed by atoms with Gasteiger partial charge in [-0.15, -0.1) is 10.2 Å². The van der Waals surface area contributed by atoms with Gasteiger partial charge in [0.2, 0.25) is 11.8 Å². The molecule has 0 bridgehead atoms. The van der Waals surface area contributed by atoms with Gasteiger partial charge in [0.15, 0.2) is 0 Å². The highest BCUT2D eigenvalue weighted by molar-refractivity contribution is 5.39. The molecule has 0 radical (unpaired) electrons. The molecule has 0 aliphatic carbocycles. The van der Waals surface area contributed by atoms with E-state index in [1.54, 1.807) is 19.1 Å². The molecule has 0 amide bonds. The lowest BCUT2D eigenvalue weighted by Crippen LogP contribution is -1.84. The molecule has 0 fully saturated rings. The number of aryl methyl sites for hydroxylation is 2. The summed E-state index contributed by atoms with van der Waals surface area (Å²) in [6.07, 6.45) is 2.43. The Labute approximate surface area is 112 Å². The quantitative estimate of drug-likeness (QED) is 0.621. The van der Waals surface area contributed by atoms with Crippen LogP contribution in [0, 0.1) is 30.1 Å². The third-order valence-electron chi connectivity index (χ3n) is 2.51. The first-order valence-electron chi connectivity index (χ1n) is 6.06. The SMILES string of the molecule is Cc1nnc(CCCC#Cc2ccc(C#N)cc2)o1. The fourth-order valence-corrected chi connectivity index (χ4v) is 1.56. The number of unbranched alkanes of at least 4 members (excludes halogenated alkanes) is 1. The van der Waals surface area contributed by atoms with Crippen molar-refractivity contribution in [3.63, 3.8) is 0 Å². The molecule has 2 rings (SSSR count). The number of hydrogen-bond donors (Lipinski definition) is 0. The molecule has 0 N–H and O–H groups in total. The predicted octanol–water partition coefficient (Wildman–Crippen LogP) is 2.62. The third kappa shape index (κ3) is 3.97. The summed E-state index contributed by atoms with van der Waals surface area (Å²) in [5, 5.41) is 16.4. The van der Waals surface area contributed by atoms with Gasteiger partial charge < -0.3 is 4.42 Å². The Bertz CT molecular complexity index is 639. The van der Waals surface area contributed by atoms with Gasteiger partial charge in [-0.3, -0.25) is 0 Å². The van der Waals surface area contributed by atoms with Gasteiger partial charge in [-0.1, -0.05) is 11.8 Å². The van der Waals surface area contributed by atoms with E-state index in [-0.39, 0.29) is 0 Å². The summed E-state index contributed by atoms with van der Waals surface area (Å²) in [5.41, 5.74) is 1.57. The van der Waals surface area contributed by atoms with Gasteiger partial charge in [-0.25, -0.2) is 0 Å². The van der Waals surface area contributed by atoms with E-state index < -0.39 is 0 Å². The Hall–Kier alpha value is -2.59. The number of rotatable bonds is 3. The predicted molar refractivity (Wildman–Crippen MR) is 70.0 cm³/mol. The number of nitrogens with zero attached hydrogens (tertiary/aromatic N) is 3. The van der Waals surface area contributed by atoms with Gasteiger partial charge in [-0.2, -0.15) is 5.26 Å². The second-order valence-corrected chi connectivity index (χ2v) is 4.06. The van der Waals surface area contributed by atoms with Gasteiger partial charge in [0.25, 0.3) is 0 Å². The molecular weight excluding hydrogens is 238 g/mol. The second-order valence-electron chi connectivity index (χ2n) is 4.06. The minimum atomic E-state index is 0.596. The first kappa shape index (κ1) is 12.9. The van der Waals surface area contributed by atoms with Crippen LogP contribution in [0.15, 0.2) is 28.7 Å². The van der Waals surface area contributed by atoms with Crippen LogP contribution in [0.3, 0.4) is 0 Å². The number of aromatic nitrogens is 2. The maximum absolute atomic E-state index is 8.68. The largest absolute Gasteiger partial charge is 0.426 e. The Balaban J connectivity index is 1.79. The first-order valence-corrected chi connectivity index (χ1v) is 6.06. The average molecular weight is 251 g/mol. The van der Waals surface area contributed by atoms with E-state index in [0.717, 1.165) is 24.8 Å². The zero-order chi connectivity index (χ0) is 13.5. The van der Waals surface area contributed by atoms with Crippen LogP contribution in [0.25, 0.3) is 0 Å². The molecule has 1 aromatic heterocycles. The van der Waals surface area contributed by atoms with Crippen molar-refractivity contribution in [3.05, 3.63) is 47.2 Å². The van der Waals surface area contributed by atoms with Crippen LogP contribution in [0.1, 0.15) is 35.7 Å². The Morgan fingerprint density at radius 2 is 1.89 bits per heavy atom. The number of nitriles is 1. The molecule has 94 valence electrons. The highest BCUT2D eigenvalue weighted by Crippen LogP contribution is 2.04. The van der Waals surface area contributed by atoms with Crippen LogP contribution >= 0.6 is 0 Å². The summed E-state index contributed by atoms with van der Waals surface area (Å²) in [7, 11) is 0. The summed E-state index contributed by atoms with van der Waals surface area (Å²) in [4.78, 5) is 0. The zero-order valence-electron chi connectivity index (χ0n) is 10.7. The highest BCUT2D eigenvalue weighted by Gasteiger charge is 2.00. The number of benzene rings is 1. The molecule has 0 saturated carbocycles. The second kappa shape index (κ2) is 6.37. The fourth-order valence-electron chi connectivity index (χ4n) is 1.56. The zero-order valence-corrected chi connectivity index (χ0v) is 10.7. The normalized spacial score (nSPS) is 9.47. The van der Waals surface area contributed by atoms with E-state index in [2.05, 4.69) is 28.1 Å². The standard InChI is InChI=1S/C15H13N3O/c1-12-17-18-15(19-12)6-4-2-3-5-13-7-9-14(11-16)10-8-13/h7-10H,2,4,6H2,1H3. The van der Waals surface area contributed by atoms with E-state index >= 15 is 0 Å². The van der Waals surface area contributed by atoms with Crippen molar-refractivity contribution >= 4 is 0 Å². The molecule has 2 aromatic rings. The Morgan fingerprint density at radius 3 is 2.53 bits per heavy atom. The van der Waals surface area contributed by atoms with Crippen molar-refractivity contribution in [1.29, 1.82) is 5.26 Å². The van der Waals surface area contributed by atoms with Crippen LogP contribution in [0.4, 0.5) is 0 Å². The first-order chi connectivity index (χ1) is 9.28. The summed E-state index contributed by atoms with van der Waals surface area (Å²) in [6.45, 7) is 1.78. The van der Waals surface area contributed by atoms with Crippen LogP contribution in [-0.2, 0) is 6.42 Å². The average Bonchev–Trinajstić information content (AvgIpc) is 2.85. The minimum Gasteiger partial charge on any atom is -0.426 e. The third-order valence-corrected chi connectivity index (χ3v) is 2.51. The number of hydrogen-bond acceptors (Lipinski definition) is 4. The topological polar surface area (TPSA) is 62.7 Å². The molecule has 4 heteroatoms. The van der Waals surface area contributed by atoms with Crippen LogP contribution in [0.2, 0.25) is 0 Å². The summed E-state index contributed by atoms with van der Waals surface area (Å²) in [6, 6.07) is 9.33. The molecule has 1 heterocycles. The molecule has 0 aliphatic heterocycles. The molecule has 0 aliphatic rings. The van der Waals surface area contributed by atoms with Crippen molar-refractivity contribution in [2.45, 2.75) is 26.2 Å². The molecule has 0 atom stereocenters. The van der Waals surface area contributed by atoms with Crippen LogP contribution in [-0.4, -0.2) is 10.2 Å². The van der Waals surface area contributed by atoms with Crippen molar-refractivity contribution in [1.82, 2.24) is 10.2 Å². The van der Waals surface area contributed by atoms with Gasteiger partial charge in [-0.05, 0) is 30.7 Å². The summed E-state index contributed by atoms with van der Waals surface area (Å²) in [5.74, 6) is 7.42. The monoisotopic (exact) mass is 251 g/mol. The molecule has 19 heavy (non-hydrogen) atoms. The molecule has 0 unspecified atom stereocenters. The molecule has 4 nitrogen and oxygen atoms in total. The minimum absolute atomic E-state index is 0.596. The van der Waals surface area contributed by atoms with Crippen molar-refractivity contribution in [2.24, 2.45) is 0 Å². The summed E-state index contributed by atoms with van der Waals surface area (Å²) < 4.78 is 5.27. The Kier molecular flexibility index (Phi) is 4.31. The lowest BCUT2D eigenvalue weighted by molar-refractivity contribution is 0.463. The molecular formula is C15H13N3O. The maximum atomic E-state index is 8.68. The smallest absolute Gasteiger partial charge is 0.216 e. The van der Waals surface area contributed by atoms with Gasteiger partial charge in [0, 0.05) is 25.3 Å². The van der Waals surface area contributed by atoms with E-state index in [4.69, 9.17) is 9.68 Å². The molecule has 1 aromatic carbocycles. The van der Waals surface area contributed by atoms with Gasteiger partial charge in [0.1, 0.15) is 0 Å². The van der Waals surface area contributed by atoms with Crippen molar-refractivity contribution in [3.8, 4) is 17.9 Å². The van der Waals surface area contributed by atoms with Gasteiger partial charge in [0.05, 0.1) is 11.6 Å². The Morgan fingerprint density at radius 1 is 1.16 bits per heavy atom. The maximum Gasteiger partial charge on any atom is 0.216 e. The van der Waals surface area contributed by atoms with Crippen LogP contribution in [0.5, 0.6) is 0 Å². The summed E-state index contributed by atoms with van der Waals surface area (Å²) >= 11 is 0.